The lowest BCUT2D eigenvalue weighted by molar-refractivity contribution is -0.144. The van der Waals surface area contributed by atoms with Crippen molar-refractivity contribution in [2.45, 2.75) is 63.7 Å². The summed E-state index contributed by atoms with van der Waals surface area (Å²) >= 11 is 4.12. The normalized spacial score (nSPS) is 15.1. The molecule has 2 aromatic rings. The van der Waals surface area contributed by atoms with Crippen LogP contribution in [0, 0.1) is 5.92 Å². The third kappa shape index (κ3) is 8.48. The number of H-pyrrole nitrogens is 1. The van der Waals surface area contributed by atoms with E-state index in [0.717, 1.165) is 16.5 Å². The number of para-hydroxylation sites is 1. The Bertz CT molecular complexity index is 1150. The molecule has 0 saturated heterocycles. The van der Waals surface area contributed by atoms with Gasteiger partial charge in [0.15, 0.2) is 0 Å². The molecule has 3 amide bonds. The Morgan fingerprint density at radius 2 is 1.63 bits per heavy atom. The number of carbonyl (C=O) groups is 5. The van der Waals surface area contributed by atoms with Gasteiger partial charge >= 0.3 is 11.9 Å². The van der Waals surface area contributed by atoms with Gasteiger partial charge in [-0.3, -0.25) is 19.2 Å². The lowest BCUT2D eigenvalue weighted by atomic mass is 9.98. The first-order chi connectivity index (χ1) is 18.0. The number of carboxylic acids is 2. The average Bonchev–Trinajstić information content (AvgIpc) is 3.30. The SMILES string of the molecule is CCC(C)C(NC(=O)C(Cc1c[nH]c2ccccc12)NC(=O)C(CS)NC(=O)C(N)CCC(=O)O)C(=O)O. The van der Waals surface area contributed by atoms with Gasteiger partial charge in [-0.1, -0.05) is 38.5 Å². The van der Waals surface area contributed by atoms with E-state index in [0.29, 0.717) is 6.42 Å². The molecule has 0 radical (unpaired) electrons. The molecule has 1 heterocycles. The van der Waals surface area contributed by atoms with Crippen molar-refractivity contribution in [1.82, 2.24) is 20.9 Å². The van der Waals surface area contributed by atoms with E-state index in [-0.39, 0.29) is 30.9 Å². The summed E-state index contributed by atoms with van der Waals surface area (Å²) in [5, 5.41) is 26.8. The molecule has 2 rings (SSSR count). The molecule has 5 atom stereocenters. The number of aromatic amines is 1. The van der Waals surface area contributed by atoms with E-state index in [9.17, 15) is 29.1 Å². The van der Waals surface area contributed by atoms with Gasteiger partial charge in [0.05, 0.1) is 6.04 Å². The van der Waals surface area contributed by atoms with Crippen molar-refractivity contribution in [3.05, 3.63) is 36.0 Å². The first kappa shape index (κ1) is 30.6. The second kappa shape index (κ2) is 14.4. The molecule has 0 aliphatic carbocycles. The molecule has 12 nitrogen and oxygen atoms in total. The predicted molar refractivity (Wildman–Crippen MR) is 144 cm³/mol. The van der Waals surface area contributed by atoms with Gasteiger partial charge < -0.3 is 36.9 Å². The van der Waals surface area contributed by atoms with Crippen LogP contribution in [0.5, 0.6) is 0 Å². The molecule has 38 heavy (non-hydrogen) atoms. The number of hydrogen-bond acceptors (Lipinski definition) is 7. The van der Waals surface area contributed by atoms with E-state index < -0.39 is 53.8 Å². The number of amides is 3. The number of carbonyl (C=O) groups excluding carboxylic acids is 3. The van der Waals surface area contributed by atoms with Crippen molar-refractivity contribution in [1.29, 1.82) is 0 Å². The van der Waals surface area contributed by atoms with E-state index in [2.05, 4.69) is 33.6 Å². The van der Waals surface area contributed by atoms with Gasteiger partial charge in [-0.05, 0) is 24.0 Å². The second-order valence-electron chi connectivity index (χ2n) is 9.12. The van der Waals surface area contributed by atoms with Crippen LogP contribution in [0.4, 0.5) is 0 Å². The molecule has 8 N–H and O–H groups in total. The monoisotopic (exact) mass is 549 g/mol. The van der Waals surface area contributed by atoms with Crippen LogP contribution in [0.25, 0.3) is 10.9 Å². The van der Waals surface area contributed by atoms with Crippen LogP contribution in [0.2, 0.25) is 0 Å². The fourth-order valence-electron chi connectivity index (χ4n) is 3.82. The lowest BCUT2D eigenvalue weighted by Crippen LogP contribution is -2.58. The van der Waals surface area contributed by atoms with Crippen molar-refractivity contribution >= 4 is 53.2 Å². The Labute approximate surface area is 225 Å². The van der Waals surface area contributed by atoms with E-state index in [4.69, 9.17) is 10.8 Å². The summed E-state index contributed by atoms with van der Waals surface area (Å²) in [7, 11) is 0. The summed E-state index contributed by atoms with van der Waals surface area (Å²) < 4.78 is 0. The zero-order valence-electron chi connectivity index (χ0n) is 21.3. The molecule has 0 saturated carbocycles. The third-order valence-electron chi connectivity index (χ3n) is 6.33. The number of benzene rings is 1. The standard InChI is InChI=1S/C25H35N5O7S/c1-3-13(2)21(25(36)37)30-23(34)18(10-14-11-27-17-7-5-4-6-15(14)17)28-24(35)19(12-38)29-22(33)16(26)8-9-20(31)32/h4-7,11,13,16,18-19,21,27,38H,3,8-10,12,26H2,1-2H3,(H,28,35)(H,29,33)(H,30,34)(H,31,32)(H,36,37). The van der Waals surface area contributed by atoms with Gasteiger partial charge in [0, 0.05) is 35.7 Å². The number of nitrogens with two attached hydrogens (primary N) is 1. The molecule has 0 aliphatic rings. The van der Waals surface area contributed by atoms with E-state index in [1.54, 1.807) is 20.0 Å². The Balaban J connectivity index is 2.25. The van der Waals surface area contributed by atoms with Gasteiger partial charge in [0.1, 0.15) is 18.1 Å². The second-order valence-corrected chi connectivity index (χ2v) is 9.48. The Morgan fingerprint density at radius 3 is 2.24 bits per heavy atom. The first-order valence-electron chi connectivity index (χ1n) is 12.3. The minimum atomic E-state index is -1.19. The molecule has 208 valence electrons. The first-order valence-corrected chi connectivity index (χ1v) is 12.9. The predicted octanol–water partition coefficient (Wildman–Crippen LogP) is 0.417. The van der Waals surface area contributed by atoms with Crippen molar-refractivity contribution in [3.8, 4) is 0 Å². The molecule has 1 aromatic heterocycles. The summed E-state index contributed by atoms with van der Waals surface area (Å²) in [4.78, 5) is 64.4. The van der Waals surface area contributed by atoms with E-state index >= 15 is 0 Å². The van der Waals surface area contributed by atoms with Gasteiger partial charge in [-0.2, -0.15) is 12.6 Å². The van der Waals surface area contributed by atoms with Gasteiger partial charge in [0.2, 0.25) is 17.7 Å². The fourth-order valence-corrected chi connectivity index (χ4v) is 4.08. The highest BCUT2D eigenvalue weighted by Gasteiger charge is 2.32. The Morgan fingerprint density at radius 1 is 1.00 bits per heavy atom. The fraction of sp³-hybridized carbons (Fsp3) is 0.480. The molecule has 0 spiro atoms. The largest absolute Gasteiger partial charge is 0.481 e. The lowest BCUT2D eigenvalue weighted by Gasteiger charge is -2.26. The minimum Gasteiger partial charge on any atom is -0.481 e. The van der Waals surface area contributed by atoms with Crippen LogP contribution in [-0.4, -0.2) is 74.8 Å². The molecule has 0 fully saturated rings. The smallest absolute Gasteiger partial charge is 0.326 e. The summed E-state index contributed by atoms with van der Waals surface area (Å²) in [5.41, 5.74) is 7.28. The number of aromatic nitrogens is 1. The molecule has 0 bridgehead atoms. The maximum absolute atomic E-state index is 13.3. The van der Waals surface area contributed by atoms with Crippen molar-refractivity contribution in [2.75, 3.05) is 5.75 Å². The zero-order valence-corrected chi connectivity index (χ0v) is 22.2. The van der Waals surface area contributed by atoms with Crippen LogP contribution in [-0.2, 0) is 30.4 Å². The van der Waals surface area contributed by atoms with Crippen molar-refractivity contribution in [3.63, 3.8) is 0 Å². The topological polar surface area (TPSA) is 204 Å². The quantitative estimate of drug-likeness (QED) is 0.146. The van der Waals surface area contributed by atoms with Crippen LogP contribution in [0.15, 0.2) is 30.5 Å². The highest BCUT2D eigenvalue weighted by molar-refractivity contribution is 7.80. The maximum atomic E-state index is 13.3. The molecule has 0 aliphatic heterocycles. The van der Waals surface area contributed by atoms with Gasteiger partial charge in [-0.25, -0.2) is 4.79 Å². The number of hydrogen-bond donors (Lipinski definition) is 8. The number of carboxylic acid groups (broad SMARTS) is 2. The summed E-state index contributed by atoms with van der Waals surface area (Å²) in [6.07, 6.45) is 1.81. The number of nitrogens with one attached hydrogen (secondary N) is 4. The average molecular weight is 550 g/mol. The third-order valence-corrected chi connectivity index (χ3v) is 6.70. The van der Waals surface area contributed by atoms with E-state index in [1.165, 1.54) is 0 Å². The summed E-state index contributed by atoms with van der Waals surface area (Å²) in [6, 6.07) is 2.72. The number of thiol groups is 1. The molecular weight excluding hydrogens is 514 g/mol. The zero-order chi connectivity index (χ0) is 28.4. The molecule has 5 unspecified atom stereocenters. The van der Waals surface area contributed by atoms with Crippen molar-refractivity contribution < 1.29 is 34.2 Å². The van der Waals surface area contributed by atoms with Crippen molar-refractivity contribution in [2.24, 2.45) is 11.7 Å². The van der Waals surface area contributed by atoms with Crippen LogP contribution in [0.3, 0.4) is 0 Å². The highest BCUT2D eigenvalue weighted by atomic mass is 32.1. The molecular formula is C25H35N5O7S. The molecule has 13 heteroatoms. The summed E-state index contributed by atoms with van der Waals surface area (Å²) in [6.45, 7) is 3.51. The number of fused-ring (bicyclic) bond motifs is 1. The van der Waals surface area contributed by atoms with E-state index in [1.807, 2.05) is 24.3 Å². The van der Waals surface area contributed by atoms with Crippen LogP contribution in [0.1, 0.15) is 38.7 Å². The maximum Gasteiger partial charge on any atom is 0.326 e. The van der Waals surface area contributed by atoms with Gasteiger partial charge in [-0.15, -0.1) is 0 Å². The van der Waals surface area contributed by atoms with Crippen LogP contribution < -0.4 is 21.7 Å². The summed E-state index contributed by atoms with van der Waals surface area (Å²) in [5.74, 6) is -4.96. The number of rotatable bonds is 15. The van der Waals surface area contributed by atoms with Crippen LogP contribution >= 0.6 is 12.6 Å². The Kier molecular flexibility index (Phi) is 11.6. The number of aliphatic carboxylic acids is 2. The van der Waals surface area contributed by atoms with Gasteiger partial charge in [0.25, 0.3) is 0 Å². The minimum absolute atomic E-state index is 0.0415. The molecule has 1 aromatic carbocycles. The highest BCUT2D eigenvalue weighted by Crippen LogP contribution is 2.19. The Hall–Kier alpha value is -3.58.